The van der Waals surface area contributed by atoms with Gasteiger partial charge in [0.05, 0.1) is 12.2 Å². The second-order valence-electron chi connectivity index (χ2n) is 6.59. The van der Waals surface area contributed by atoms with Crippen LogP contribution in [0.3, 0.4) is 0 Å². The molecule has 0 heterocycles. The third-order valence-electron chi connectivity index (χ3n) is 3.98. The summed E-state index contributed by atoms with van der Waals surface area (Å²) in [5.41, 5.74) is 6.79. The van der Waals surface area contributed by atoms with Gasteiger partial charge in [0.1, 0.15) is 10.7 Å². The minimum Gasteiger partial charge on any atom is -0.493 e. The van der Waals surface area contributed by atoms with Gasteiger partial charge >= 0.3 is 0 Å². The number of ether oxygens (including phenoxy) is 1. The topological polar surface area (TPSA) is 38.5 Å². The predicted octanol–water partition coefficient (Wildman–Crippen LogP) is 3.46. The molecule has 0 bridgehead atoms. The molecule has 0 spiro atoms. The highest BCUT2D eigenvalue weighted by molar-refractivity contribution is 7.80. The Kier molecular flexibility index (Phi) is 6.62. The number of thiocarbonyl (C=S) groups is 1. The van der Waals surface area contributed by atoms with Crippen LogP contribution in [-0.4, -0.2) is 36.1 Å². The number of benzene rings is 1. The van der Waals surface area contributed by atoms with Crippen LogP contribution in [-0.2, 0) is 0 Å². The van der Waals surface area contributed by atoms with Crippen LogP contribution in [0.4, 0.5) is 0 Å². The van der Waals surface area contributed by atoms with Gasteiger partial charge in [-0.05, 0) is 37.9 Å². The third-order valence-corrected chi connectivity index (χ3v) is 4.20. The molecule has 3 nitrogen and oxygen atoms in total. The van der Waals surface area contributed by atoms with Crippen molar-refractivity contribution in [1.29, 1.82) is 0 Å². The van der Waals surface area contributed by atoms with Crippen molar-refractivity contribution in [2.45, 2.75) is 40.2 Å². The number of hydrogen-bond donors (Lipinski definition) is 1. The maximum absolute atomic E-state index is 5.82. The summed E-state index contributed by atoms with van der Waals surface area (Å²) in [5, 5.41) is 0. The lowest BCUT2D eigenvalue weighted by molar-refractivity contribution is 0.133. The zero-order chi connectivity index (χ0) is 16.0. The number of para-hydroxylation sites is 1. The van der Waals surface area contributed by atoms with E-state index in [1.54, 1.807) is 0 Å². The van der Waals surface area contributed by atoms with E-state index < -0.39 is 0 Å². The minimum absolute atomic E-state index is 0.286. The summed E-state index contributed by atoms with van der Waals surface area (Å²) in [6.07, 6.45) is 0.975. The second-order valence-corrected chi connectivity index (χ2v) is 7.02. The van der Waals surface area contributed by atoms with Gasteiger partial charge in [-0.1, -0.05) is 45.1 Å². The largest absolute Gasteiger partial charge is 0.493 e. The van der Waals surface area contributed by atoms with E-state index >= 15 is 0 Å². The first-order valence-corrected chi connectivity index (χ1v) is 7.86. The summed E-state index contributed by atoms with van der Waals surface area (Å²) in [6, 6.07) is 8.19. The van der Waals surface area contributed by atoms with E-state index in [-0.39, 0.29) is 5.41 Å². The number of nitrogens with zero attached hydrogens (tertiary/aromatic N) is 1. The summed E-state index contributed by atoms with van der Waals surface area (Å²) < 4.78 is 5.82. The Morgan fingerprint density at radius 3 is 2.52 bits per heavy atom. The van der Waals surface area contributed by atoms with E-state index in [0.29, 0.717) is 17.6 Å². The molecule has 4 heteroatoms. The summed E-state index contributed by atoms with van der Waals surface area (Å²) in [6.45, 7) is 10.7. The molecular formula is C17H28N2OS. The molecule has 0 aliphatic heterocycles. The summed E-state index contributed by atoms with van der Waals surface area (Å²) in [7, 11) is 2.17. The van der Waals surface area contributed by atoms with E-state index in [9.17, 15) is 0 Å². The molecule has 0 saturated heterocycles. The lowest BCUT2D eigenvalue weighted by Crippen LogP contribution is -2.40. The smallest absolute Gasteiger partial charge is 0.129 e. The Balaban J connectivity index is 2.43. The van der Waals surface area contributed by atoms with E-state index in [4.69, 9.17) is 22.7 Å². The maximum atomic E-state index is 5.82. The first-order chi connectivity index (χ1) is 9.73. The Morgan fingerprint density at radius 1 is 1.33 bits per heavy atom. The summed E-state index contributed by atoms with van der Waals surface area (Å²) in [4.78, 5) is 2.76. The van der Waals surface area contributed by atoms with Crippen LogP contribution in [0.2, 0.25) is 0 Å². The van der Waals surface area contributed by atoms with E-state index in [1.165, 1.54) is 0 Å². The minimum atomic E-state index is 0.286. The predicted molar refractivity (Wildman–Crippen MR) is 94.0 cm³/mol. The number of hydrogen-bond acceptors (Lipinski definition) is 3. The molecule has 0 saturated carbocycles. The van der Waals surface area contributed by atoms with Crippen molar-refractivity contribution >= 4 is 17.2 Å². The molecule has 21 heavy (non-hydrogen) atoms. The Hall–Kier alpha value is -1.13. The molecule has 0 aromatic heterocycles. The fraction of sp³-hybridized carbons (Fsp3) is 0.588. The SMILES string of the molecule is CC(N(C)CCCOc1ccccc1C(N)=S)C(C)(C)C. The molecule has 118 valence electrons. The van der Waals surface area contributed by atoms with Gasteiger partial charge < -0.3 is 15.4 Å². The van der Waals surface area contributed by atoms with Gasteiger partial charge in [0.2, 0.25) is 0 Å². The quantitative estimate of drug-likeness (QED) is 0.618. The van der Waals surface area contributed by atoms with Crippen molar-refractivity contribution in [1.82, 2.24) is 4.90 Å². The molecular weight excluding hydrogens is 280 g/mol. The normalized spacial score (nSPS) is 13.2. The molecule has 1 aromatic rings. The van der Waals surface area contributed by atoms with Crippen LogP contribution >= 0.6 is 12.2 Å². The standard InChI is InChI=1S/C17H28N2OS/c1-13(17(2,3)4)19(5)11-8-12-20-15-10-7-6-9-14(15)16(18)21/h6-7,9-10,13H,8,11-12H2,1-5H3,(H2,18,21). The fourth-order valence-electron chi connectivity index (χ4n) is 2.15. The average Bonchev–Trinajstić information content (AvgIpc) is 2.41. The van der Waals surface area contributed by atoms with Gasteiger partial charge in [0.25, 0.3) is 0 Å². The van der Waals surface area contributed by atoms with Crippen LogP contribution in [0.5, 0.6) is 5.75 Å². The van der Waals surface area contributed by atoms with Crippen LogP contribution in [0.1, 0.15) is 39.7 Å². The molecule has 2 N–H and O–H groups in total. The Morgan fingerprint density at radius 2 is 1.95 bits per heavy atom. The highest BCUT2D eigenvalue weighted by Crippen LogP contribution is 2.23. The Bertz CT molecular complexity index is 468. The van der Waals surface area contributed by atoms with Crippen LogP contribution in [0, 0.1) is 5.41 Å². The summed E-state index contributed by atoms with van der Waals surface area (Å²) in [5.74, 6) is 0.775. The van der Waals surface area contributed by atoms with Gasteiger partial charge in [-0.15, -0.1) is 0 Å². The highest BCUT2D eigenvalue weighted by Gasteiger charge is 2.23. The van der Waals surface area contributed by atoms with Crippen molar-refractivity contribution in [3.8, 4) is 5.75 Å². The zero-order valence-electron chi connectivity index (χ0n) is 13.8. The van der Waals surface area contributed by atoms with Gasteiger partial charge in [-0.2, -0.15) is 0 Å². The van der Waals surface area contributed by atoms with Crippen molar-refractivity contribution in [3.05, 3.63) is 29.8 Å². The molecule has 1 rings (SSSR count). The van der Waals surface area contributed by atoms with Crippen LogP contribution in [0.15, 0.2) is 24.3 Å². The molecule has 1 unspecified atom stereocenters. The van der Waals surface area contributed by atoms with Gasteiger partial charge in [-0.3, -0.25) is 0 Å². The van der Waals surface area contributed by atoms with Crippen molar-refractivity contribution in [2.24, 2.45) is 11.1 Å². The molecule has 0 fully saturated rings. The third kappa shape index (κ3) is 5.64. The van der Waals surface area contributed by atoms with E-state index in [0.717, 1.165) is 24.3 Å². The molecule has 1 atom stereocenters. The molecule has 1 aromatic carbocycles. The lowest BCUT2D eigenvalue weighted by atomic mass is 9.87. The molecule has 0 amide bonds. The van der Waals surface area contributed by atoms with Crippen molar-refractivity contribution in [2.75, 3.05) is 20.2 Å². The molecule has 0 radical (unpaired) electrons. The molecule has 0 aliphatic rings. The van der Waals surface area contributed by atoms with Gasteiger partial charge in [-0.25, -0.2) is 0 Å². The van der Waals surface area contributed by atoms with E-state index in [2.05, 4.69) is 39.6 Å². The monoisotopic (exact) mass is 308 g/mol. The van der Waals surface area contributed by atoms with Crippen LogP contribution in [0.25, 0.3) is 0 Å². The van der Waals surface area contributed by atoms with Gasteiger partial charge in [0.15, 0.2) is 0 Å². The fourth-order valence-corrected chi connectivity index (χ4v) is 2.32. The van der Waals surface area contributed by atoms with Crippen LogP contribution < -0.4 is 10.5 Å². The molecule has 0 aliphatic carbocycles. The highest BCUT2D eigenvalue weighted by atomic mass is 32.1. The average molecular weight is 308 g/mol. The second kappa shape index (κ2) is 7.76. The zero-order valence-corrected chi connectivity index (χ0v) is 14.7. The van der Waals surface area contributed by atoms with Crippen molar-refractivity contribution in [3.63, 3.8) is 0 Å². The number of rotatable bonds is 7. The summed E-state index contributed by atoms with van der Waals surface area (Å²) >= 11 is 5.03. The first kappa shape index (κ1) is 17.9. The van der Waals surface area contributed by atoms with E-state index in [1.807, 2.05) is 24.3 Å². The van der Waals surface area contributed by atoms with Gasteiger partial charge in [0, 0.05) is 12.6 Å². The first-order valence-electron chi connectivity index (χ1n) is 7.45. The number of nitrogens with two attached hydrogens (primary N) is 1. The maximum Gasteiger partial charge on any atom is 0.129 e. The Labute approximate surface area is 134 Å². The lowest BCUT2D eigenvalue weighted by Gasteiger charge is -2.35. The van der Waals surface area contributed by atoms with Crippen molar-refractivity contribution < 1.29 is 4.74 Å².